The Bertz CT molecular complexity index is 303. The number of amides is 1. The lowest BCUT2D eigenvalue weighted by Gasteiger charge is -2.15. The molecule has 130 valence electrons. The average Bonchev–Trinajstić information content (AvgIpc) is 2.44. The van der Waals surface area contributed by atoms with Crippen molar-refractivity contribution >= 4 is 11.9 Å². The van der Waals surface area contributed by atoms with Crippen molar-refractivity contribution < 1.29 is 14.3 Å². The van der Waals surface area contributed by atoms with E-state index in [-0.39, 0.29) is 5.92 Å². The summed E-state index contributed by atoms with van der Waals surface area (Å²) in [7, 11) is 0. The number of carbonyl (C=O) groups is 2. The van der Waals surface area contributed by atoms with Crippen molar-refractivity contribution in [2.45, 2.75) is 85.0 Å². The van der Waals surface area contributed by atoms with Gasteiger partial charge in [0.2, 0.25) is 5.91 Å². The highest BCUT2D eigenvalue weighted by atomic mass is 16.5. The third-order valence-electron chi connectivity index (χ3n) is 3.97. The zero-order valence-electron chi connectivity index (χ0n) is 14.7. The SMILES string of the molecule is CCCCCCCCCCCCOC(=O)C(C(N)=O)C(C)C. The van der Waals surface area contributed by atoms with Gasteiger partial charge in [-0.1, -0.05) is 78.6 Å². The smallest absolute Gasteiger partial charge is 0.318 e. The molecule has 0 spiro atoms. The zero-order valence-corrected chi connectivity index (χ0v) is 14.7. The van der Waals surface area contributed by atoms with Crippen LogP contribution in [-0.4, -0.2) is 18.5 Å². The van der Waals surface area contributed by atoms with Gasteiger partial charge in [-0.15, -0.1) is 0 Å². The van der Waals surface area contributed by atoms with Gasteiger partial charge in [0.15, 0.2) is 0 Å². The van der Waals surface area contributed by atoms with Crippen LogP contribution in [0.4, 0.5) is 0 Å². The minimum absolute atomic E-state index is 0.113. The van der Waals surface area contributed by atoms with Gasteiger partial charge in [0.05, 0.1) is 6.61 Å². The molecule has 2 N–H and O–H groups in total. The normalized spacial score (nSPS) is 12.4. The molecule has 1 unspecified atom stereocenters. The lowest BCUT2D eigenvalue weighted by molar-refractivity contribution is -0.153. The Morgan fingerprint density at radius 1 is 0.864 bits per heavy atom. The predicted molar refractivity (Wildman–Crippen MR) is 90.3 cm³/mol. The highest BCUT2D eigenvalue weighted by Gasteiger charge is 2.29. The number of hydrogen-bond acceptors (Lipinski definition) is 3. The number of nitrogens with two attached hydrogens (primary N) is 1. The van der Waals surface area contributed by atoms with Crippen LogP contribution < -0.4 is 5.73 Å². The fraction of sp³-hybridized carbons (Fsp3) is 0.889. The number of rotatable bonds is 14. The predicted octanol–water partition coefficient (Wildman–Crippen LogP) is 4.21. The van der Waals surface area contributed by atoms with Crippen LogP contribution in [0.1, 0.15) is 85.0 Å². The van der Waals surface area contributed by atoms with E-state index in [4.69, 9.17) is 10.5 Å². The summed E-state index contributed by atoms with van der Waals surface area (Å²) >= 11 is 0. The summed E-state index contributed by atoms with van der Waals surface area (Å²) in [5, 5.41) is 0. The highest BCUT2D eigenvalue weighted by molar-refractivity contribution is 5.97. The van der Waals surface area contributed by atoms with Crippen molar-refractivity contribution in [3.63, 3.8) is 0 Å². The van der Waals surface area contributed by atoms with Crippen LogP contribution in [0, 0.1) is 11.8 Å². The number of hydrogen-bond donors (Lipinski definition) is 1. The molecular formula is C18H35NO3. The van der Waals surface area contributed by atoms with Gasteiger partial charge >= 0.3 is 5.97 Å². The van der Waals surface area contributed by atoms with E-state index >= 15 is 0 Å². The van der Waals surface area contributed by atoms with Gasteiger partial charge in [-0.05, 0) is 12.3 Å². The molecule has 0 saturated heterocycles. The van der Waals surface area contributed by atoms with Gasteiger partial charge in [0, 0.05) is 0 Å². The van der Waals surface area contributed by atoms with Crippen LogP contribution in [0.5, 0.6) is 0 Å². The Hall–Kier alpha value is -1.06. The van der Waals surface area contributed by atoms with Crippen LogP contribution in [0.25, 0.3) is 0 Å². The maximum Gasteiger partial charge on any atom is 0.318 e. The molecule has 0 heterocycles. The number of ether oxygens (including phenoxy) is 1. The summed E-state index contributed by atoms with van der Waals surface area (Å²) in [5.41, 5.74) is 5.23. The average molecular weight is 313 g/mol. The van der Waals surface area contributed by atoms with Crippen molar-refractivity contribution in [2.24, 2.45) is 17.6 Å². The first-order chi connectivity index (χ1) is 10.5. The van der Waals surface area contributed by atoms with Crippen LogP contribution in [0.3, 0.4) is 0 Å². The molecule has 4 heteroatoms. The highest BCUT2D eigenvalue weighted by Crippen LogP contribution is 2.13. The van der Waals surface area contributed by atoms with E-state index < -0.39 is 17.8 Å². The lowest BCUT2D eigenvalue weighted by Crippen LogP contribution is -2.35. The van der Waals surface area contributed by atoms with Crippen molar-refractivity contribution in [2.75, 3.05) is 6.61 Å². The van der Waals surface area contributed by atoms with Gasteiger partial charge < -0.3 is 10.5 Å². The monoisotopic (exact) mass is 313 g/mol. The quantitative estimate of drug-likeness (QED) is 0.297. The van der Waals surface area contributed by atoms with E-state index in [0.29, 0.717) is 6.61 Å². The minimum atomic E-state index is -0.817. The summed E-state index contributed by atoms with van der Waals surface area (Å²) in [5.74, 6) is -2.00. The molecule has 0 aromatic rings. The third-order valence-corrected chi connectivity index (χ3v) is 3.97. The fourth-order valence-corrected chi connectivity index (χ4v) is 2.57. The van der Waals surface area contributed by atoms with Crippen LogP contribution in [0.2, 0.25) is 0 Å². The Morgan fingerprint density at radius 3 is 1.73 bits per heavy atom. The minimum Gasteiger partial charge on any atom is -0.465 e. The number of unbranched alkanes of at least 4 members (excludes halogenated alkanes) is 9. The lowest BCUT2D eigenvalue weighted by atomic mass is 9.95. The third kappa shape index (κ3) is 10.6. The van der Waals surface area contributed by atoms with Crippen molar-refractivity contribution in [1.29, 1.82) is 0 Å². The van der Waals surface area contributed by atoms with Gasteiger partial charge in [-0.3, -0.25) is 9.59 Å². The second-order valence-corrected chi connectivity index (χ2v) is 6.47. The Balaban J connectivity index is 3.49. The van der Waals surface area contributed by atoms with Crippen molar-refractivity contribution in [3.8, 4) is 0 Å². The van der Waals surface area contributed by atoms with Crippen LogP contribution in [0.15, 0.2) is 0 Å². The van der Waals surface area contributed by atoms with E-state index in [1.165, 1.54) is 51.4 Å². The van der Waals surface area contributed by atoms with Gasteiger partial charge in [-0.25, -0.2) is 0 Å². The topological polar surface area (TPSA) is 69.4 Å². The summed E-state index contributed by atoms with van der Waals surface area (Å²) in [6.45, 7) is 6.24. The Kier molecular flexibility index (Phi) is 12.9. The fourth-order valence-electron chi connectivity index (χ4n) is 2.57. The first-order valence-corrected chi connectivity index (χ1v) is 8.96. The molecule has 0 aliphatic rings. The van der Waals surface area contributed by atoms with Gasteiger partial charge in [0.1, 0.15) is 5.92 Å². The number of carbonyl (C=O) groups excluding carboxylic acids is 2. The molecule has 0 bridgehead atoms. The maximum atomic E-state index is 11.8. The molecule has 0 aliphatic carbocycles. The molecule has 22 heavy (non-hydrogen) atoms. The molecule has 0 aliphatic heterocycles. The van der Waals surface area contributed by atoms with Crippen molar-refractivity contribution in [1.82, 2.24) is 0 Å². The van der Waals surface area contributed by atoms with Gasteiger partial charge in [-0.2, -0.15) is 0 Å². The standard InChI is InChI=1S/C18H35NO3/c1-4-5-6-7-8-9-10-11-12-13-14-22-18(21)16(15(2)3)17(19)20/h15-16H,4-14H2,1-3H3,(H2,19,20). The second-order valence-electron chi connectivity index (χ2n) is 6.47. The largest absolute Gasteiger partial charge is 0.465 e. The second kappa shape index (κ2) is 13.6. The molecule has 0 saturated carbocycles. The summed E-state index contributed by atoms with van der Waals surface area (Å²) in [6, 6.07) is 0. The molecule has 0 aromatic carbocycles. The molecule has 1 atom stereocenters. The van der Waals surface area contributed by atoms with E-state index in [1.807, 2.05) is 0 Å². The first kappa shape index (κ1) is 20.9. The summed E-state index contributed by atoms with van der Waals surface area (Å²) in [4.78, 5) is 23.0. The van der Waals surface area contributed by atoms with E-state index in [9.17, 15) is 9.59 Å². The Labute approximate surface area is 136 Å². The van der Waals surface area contributed by atoms with E-state index in [1.54, 1.807) is 13.8 Å². The van der Waals surface area contributed by atoms with Crippen LogP contribution in [-0.2, 0) is 14.3 Å². The molecule has 0 aromatic heterocycles. The summed E-state index contributed by atoms with van der Waals surface area (Å²) < 4.78 is 5.16. The maximum absolute atomic E-state index is 11.8. The van der Waals surface area contributed by atoms with E-state index in [2.05, 4.69) is 6.92 Å². The molecule has 0 fully saturated rings. The van der Waals surface area contributed by atoms with Gasteiger partial charge in [0.25, 0.3) is 0 Å². The molecule has 1 amide bonds. The van der Waals surface area contributed by atoms with E-state index in [0.717, 1.165) is 12.8 Å². The Morgan fingerprint density at radius 2 is 1.32 bits per heavy atom. The van der Waals surface area contributed by atoms with Crippen molar-refractivity contribution in [3.05, 3.63) is 0 Å². The molecule has 4 nitrogen and oxygen atoms in total. The molecule has 0 radical (unpaired) electrons. The zero-order chi connectivity index (χ0) is 16.8. The summed E-state index contributed by atoms with van der Waals surface area (Å²) in [6.07, 6.45) is 12.4. The number of primary amides is 1. The number of esters is 1. The first-order valence-electron chi connectivity index (χ1n) is 8.96. The molecular weight excluding hydrogens is 278 g/mol. The van der Waals surface area contributed by atoms with Crippen LogP contribution >= 0.6 is 0 Å². The molecule has 0 rings (SSSR count).